The lowest BCUT2D eigenvalue weighted by atomic mass is 10.2. The van der Waals surface area contributed by atoms with E-state index in [0.29, 0.717) is 24.7 Å². The molecule has 140 valence electrons. The third kappa shape index (κ3) is 5.88. The van der Waals surface area contributed by atoms with E-state index in [1.165, 1.54) is 0 Å². The highest BCUT2D eigenvalue weighted by Gasteiger charge is 2.09. The molecule has 0 aliphatic heterocycles. The smallest absolute Gasteiger partial charge is 0.315 e. The summed E-state index contributed by atoms with van der Waals surface area (Å²) >= 11 is 0. The van der Waals surface area contributed by atoms with Gasteiger partial charge in [0.15, 0.2) is 11.5 Å². The molecule has 6 heteroatoms. The van der Waals surface area contributed by atoms with Gasteiger partial charge in [-0.3, -0.25) is 0 Å². The molecule has 0 bridgehead atoms. The van der Waals surface area contributed by atoms with Crippen molar-refractivity contribution in [3.8, 4) is 17.2 Å². The molecule has 26 heavy (non-hydrogen) atoms. The SMILES string of the molecule is COc1ccc(CNC(=O)NC(C)COc2cccc(C)c2)cc1OC. The van der Waals surface area contributed by atoms with Gasteiger partial charge in [0.25, 0.3) is 0 Å². The second kappa shape index (κ2) is 9.56. The van der Waals surface area contributed by atoms with Crippen LogP contribution in [0.25, 0.3) is 0 Å². The van der Waals surface area contributed by atoms with Gasteiger partial charge in [-0.25, -0.2) is 4.79 Å². The van der Waals surface area contributed by atoms with E-state index < -0.39 is 0 Å². The molecule has 6 nitrogen and oxygen atoms in total. The summed E-state index contributed by atoms with van der Waals surface area (Å²) < 4.78 is 16.2. The average Bonchev–Trinajstić information content (AvgIpc) is 2.64. The fraction of sp³-hybridized carbons (Fsp3) is 0.350. The maximum Gasteiger partial charge on any atom is 0.315 e. The Kier molecular flexibility index (Phi) is 7.14. The highest BCUT2D eigenvalue weighted by Crippen LogP contribution is 2.27. The summed E-state index contributed by atoms with van der Waals surface area (Å²) in [5, 5.41) is 5.68. The predicted molar refractivity (Wildman–Crippen MR) is 101 cm³/mol. The van der Waals surface area contributed by atoms with Crippen LogP contribution in [0.4, 0.5) is 4.79 Å². The Morgan fingerprint density at radius 2 is 1.85 bits per heavy atom. The zero-order chi connectivity index (χ0) is 18.9. The number of nitrogens with one attached hydrogen (secondary N) is 2. The van der Waals surface area contributed by atoms with Crippen LogP contribution in [0, 0.1) is 6.92 Å². The monoisotopic (exact) mass is 358 g/mol. The van der Waals surface area contributed by atoms with Crippen LogP contribution >= 0.6 is 0 Å². The number of rotatable bonds is 8. The zero-order valence-electron chi connectivity index (χ0n) is 15.7. The predicted octanol–water partition coefficient (Wildman–Crippen LogP) is 3.28. The van der Waals surface area contributed by atoms with Gasteiger partial charge < -0.3 is 24.8 Å². The Morgan fingerprint density at radius 3 is 2.54 bits per heavy atom. The maximum atomic E-state index is 12.0. The Bertz CT molecular complexity index is 734. The van der Waals surface area contributed by atoms with Crippen molar-refractivity contribution in [3.05, 3.63) is 53.6 Å². The maximum absolute atomic E-state index is 12.0. The summed E-state index contributed by atoms with van der Waals surface area (Å²) in [7, 11) is 3.17. The number of amides is 2. The molecule has 1 unspecified atom stereocenters. The number of carbonyl (C=O) groups is 1. The first kappa shape index (κ1) is 19.4. The summed E-state index contributed by atoms with van der Waals surface area (Å²) in [5.74, 6) is 2.08. The molecule has 2 N–H and O–H groups in total. The molecule has 2 amide bonds. The van der Waals surface area contributed by atoms with Crippen molar-refractivity contribution in [2.24, 2.45) is 0 Å². The molecule has 0 aromatic heterocycles. The molecule has 0 fully saturated rings. The summed E-state index contributed by atoms with van der Waals surface area (Å²) in [6.45, 7) is 4.69. The Hall–Kier alpha value is -2.89. The van der Waals surface area contributed by atoms with Crippen LogP contribution in [0.5, 0.6) is 17.2 Å². The lowest BCUT2D eigenvalue weighted by Gasteiger charge is -2.16. The topological polar surface area (TPSA) is 68.8 Å². The molecule has 0 saturated carbocycles. The largest absolute Gasteiger partial charge is 0.493 e. The van der Waals surface area contributed by atoms with E-state index >= 15 is 0 Å². The second-order valence-corrected chi connectivity index (χ2v) is 6.04. The van der Waals surface area contributed by atoms with Crippen molar-refractivity contribution in [3.63, 3.8) is 0 Å². The van der Waals surface area contributed by atoms with E-state index in [0.717, 1.165) is 16.9 Å². The molecular formula is C20H26N2O4. The molecule has 2 rings (SSSR count). The van der Waals surface area contributed by atoms with Crippen molar-refractivity contribution < 1.29 is 19.0 Å². The quantitative estimate of drug-likeness (QED) is 0.760. The molecule has 0 aliphatic carbocycles. The number of ether oxygens (including phenoxy) is 3. The lowest BCUT2D eigenvalue weighted by molar-refractivity contribution is 0.226. The Labute approximate surface area is 154 Å². The van der Waals surface area contributed by atoms with Crippen LogP contribution in [0.15, 0.2) is 42.5 Å². The van der Waals surface area contributed by atoms with E-state index in [2.05, 4.69) is 10.6 Å². The molecule has 0 aliphatic rings. The fourth-order valence-corrected chi connectivity index (χ4v) is 2.42. The van der Waals surface area contributed by atoms with Gasteiger partial charge in [-0.05, 0) is 49.2 Å². The number of carbonyl (C=O) groups excluding carboxylic acids is 1. The van der Waals surface area contributed by atoms with Crippen molar-refractivity contribution >= 4 is 6.03 Å². The molecule has 0 saturated heterocycles. The molecule has 0 heterocycles. The molecular weight excluding hydrogens is 332 g/mol. The fourth-order valence-electron chi connectivity index (χ4n) is 2.42. The Morgan fingerprint density at radius 1 is 1.08 bits per heavy atom. The molecule has 2 aromatic carbocycles. The van der Waals surface area contributed by atoms with Gasteiger partial charge in [-0.2, -0.15) is 0 Å². The lowest BCUT2D eigenvalue weighted by Crippen LogP contribution is -2.43. The van der Waals surface area contributed by atoms with E-state index in [9.17, 15) is 4.79 Å². The van der Waals surface area contributed by atoms with E-state index in [-0.39, 0.29) is 12.1 Å². The molecule has 0 radical (unpaired) electrons. The van der Waals surface area contributed by atoms with Crippen LogP contribution in [-0.4, -0.2) is 32.9 Å². The molecule has 0 spiro atoms. The van der Waals surface area contributed by atoms with Crippen molar-refractivity contribution in [1.82, 2.24) is 10.6 Å². The van der Waals surface area contributed by atoms with Crippen molar-refractivity contribution in [1.29, 1.82) is 0 Å². The average molecular weight is 358 g/mol. The first-order valence-corrected chi connectivity index (χ1v) is 8.46. The van der Waals surface area contributed by atoms with Gasteiger partial charge >= 0.3 is 6.03 Å². The van der Waals surface area contributed by atoms with Gasteiger partial charge in [-0.15, -0.1) is 0 Å². The Balaban J connectivity index is 1.77. The van der Waals surface area contributed by atoms with Crippen LogP contribution < -0.4 is 24.8 Å². The summed E-state index contributed by atoms with van der Waals surface area (Å²) in [6, 6.07) is 13.0. The van der Waals surface area contributed by atoms with Crippen LogP contribution in [0.1, 0.15) is 18.1 Å². The minimum atomic E-state index is -0.250. The van der Waals surface area contributed by atoms with Crippen LogP contribution in [-0.2, 0) is 6.54 Å². The van der Waals surface area contributed by atoms with Crippen LogP contribution in [0.2, 0.25) is 0 Å². The number of methoxy groups -OCH3 is 2. The number of hydrogen-bond donors (Lipinski definition) is 2. The number of aryl methyl sites for hydroxylation is 1. The molecule has 1 atom stereocenters. The van der Waals surface area contributed by atoms with E-state index in [1.54, 1.807) is 14.2 Å². The molecule has 2 aromatic rings. The first-order valence-electron chi connectivity index (χ1n) is 8.46. The van der Waals surface area contributed by atoms with Crippen LogP contribution in [0.3, 0.4) is 0 Å². The third-order valence-electron chi connectivity index (χ3n) is 3.77. The van der Waals surface area contributed by atoms with E-state index in [1.807, 2.05) is 56.3 Å². The minimum Gasteiger partial charge on any atom is -0.493 e. The number of hydrogen-bond acceptors (Lipinski definition) is 4. The summed E-state index contributed by atoms with van der Waals surface area (Å²) in [5.41, 5.74) is 2.05. The van der Waals surface area contributed by atoms with Gasteiger partial charge in [0.1, 0.15) is 12.4 Å². The number of urea groups is 1. The number of benzene rings is 2. The standard InChI is InChI=1S/C20H26N2O4/c1-14-6-5-7-17(10-14)26-13-15(2)22-20(23)21-12-16-8-9-18(24-3)19(11-16)25-4/h5-11,15H,12-13H2,1-4H3,(H2,21,22,23). The summed E-state index contributed by atoms with van der Waals surface area (Å²) in [6.07, 6.45) is 0. The second-order valence-electron chi connectivity index (χ2n) is 6.04. The minimum absolute atomic E-state index is 0.124. The first-order chi connectivity index (χ1) is 12.5. The highest BCUT2D eigenvalue weighted by molar-refractivity contribution is 5.74. The highest BCUT2D eigenvalue weighted by atomic mass is 16.5. The zero-order valence-corrected chi connectivity index (χ0v) is 15.7. The van der Waals surface area contributed by atoms with Gasteiger partial charge in [-0.1, -0.05) is 18.2 Å². The van der Waals surface area contributed by atoms with E-state index in [4.69, 9.17) is 14.2 Å². The van der Waals surface area contributed by atoms with Gasteiger partial charge in [0.2, 0.25) is 0 Å². The summed E-state index contributed by atoms with van der Waals surface area (Å²) in [4.78, 5) is 12.0. The third-order valence-corrected chi connectivity index (χ3v) is 3.77. The van der Waals surface area contributed by atoms with Crippen molar-refractivity contribution in [2.75, 3.05) is 20.8 Å². The van der Waals surface area contributed by atoms with Gasteiger partial charge in [0.05, 0.1) is 20.3 Å². The van der Waals surface area contributed by atoms with Crippen molar-refractivity contribution in [2.45, 2.75) is 26.4 Å². The van der Waals surface area contributed by atoms with Gasteiger partial charge in [0, 0.05) is 6.54 Å². The normalized spacial score (nSPS) is 11.4.